The molecule has 1 unspecified atom stereocenters. The van der Waals surface area contributed by atoms with Crippen molar-refractivity contribution in [3.8, 4) is 0 Å². The molecule has 1 N–H and O–H groups in total. The molecule has 18 heavy (non-hydrogen) atoms. The third kappa shape index (κ3) is 3.16. The molecule has 0 aliphatic rings. The van der Waals surface area contributed by atoms with Gasteiger partial charge in [-0.2, -0.15) is 0 Å². The highest BCUT2D eigenvalue weighted by molar-refractivity contribution is 5.03. The standard InChI is InChI=1S/C12H19N5O/c1-9(4-6-17-7-5-13-11(17)3)14-8-12-10(2)15-18-16-12/h5,7,9,14H,4,6,8H2,1-3H3. The molecule has 6 heteroatoms. The van der Waals surface area contributed by atoms with Crippen molar-refractivity contribution in [1.29, 1.82) is 0 Å². The summed E-state index contributed by atoms with van der Waals surface area (Å²) in [6.07, 6.45) is 4.88. The fourth-order valence-corrected chi connectivity index (χ4v) is 1.76. The SMILES string of the molecule is Cc1nonc1CNC(C)CCn1ccnc1C. The van der Waals surface area contributed by atoms with Crippen LogP contribution in [0.15, 0.2) is 17.0 Å². The maximum Gasteiger partial charge on any atom is 0.121 e. The second kappa shape index (κ2) is 5.77. The Bertz CT molecular complexity index is 446. The summed E-state index contributed by atoms with van der Waals surface area (Å²) in [5, 5.41) is 11.0. The van der Waals surface area contributed by atoms with E-state index in [-0.39, 0.29) is 0 Å². The highest BCUT2D eigenvalue weighted by atomic mass is 16.6. The molecule has 0 spiro atoms. The minimum Gasteiger partial charge on any atom is -0.335 e. The van der Waals surface area contributed by atoms with Crippen LogP contribution in [0.5, 0.6) is 0 Å². The van der Waals surface area contributed by atoms with Gasteiger partial charge in [0.15, 0.2) is 0 Å². The van der Waals surface area contributed by atoms with Crippen LogP contribution in [0.3, 0.4) is 0 Å². The van der Waals surface area contributed by atoms with Gasteiger partial charge in [-0.1, -0.05) is 10.3 Å². The van der Waals surface area contributed by atoms with Gasteiger partial charge in [-0.3, -0.25) is 0 Å². The van der Waals surface area contributed by atoms with E-state index < -0.39 is 0 Å². The van der Waals surface area contributed by atoms with Crippen LogP contribution >= 0.6 is 0 Å². The van der Waals surface area contributed by atoms with E-state index in [2.05, 4.69) is 36.7 Å². The monoisotopic (exact) mass is 249 g/mol. The van der Waals surface area contributed by atoms with Gasteiger partial charge in [-0.25, -0.2) is 9.61 Å². The molecule has 6 nitrogen and oxygen atoms in total. The van der Waals surface area contributed by atoms with Crippen molar-refractivity contribution in [2.75, 3.05) is 0 Å². The number of nitrogens with one attached hydrogen (secondary N) is 1. The summed E-state index contributed by atoms with van der Waals surface area (Å²) in [7, 11) is 0. The Morgan fingerprint density at radius 2 is 2.22 bits per heavy atom. The maximum absolute atomic E-state index is 4.66. The Balaban J connectivity index is 1.74. The van der Waals surface area contributed by atoms with Crippen LogP contribution in [-0.2, 0) is 13.1 Å². The van der Waals surface area contributed by atoms with Crippen LogP contribution in [0.1, 0.15) is 30.6 Å². The zero-order valence-electron chi connectivity index (χ0n) is 11.1. The van der Waals surface area contributed by atoms with Gasteiger partial charge in [0.2, 0.25) is 0 Å². The van der Waals surface area contributed by atoms with Crippen molar-refractivity contribution < 1.29 is 4.63 Å². The fraction of sp³-hybridized carbons (Fsp3) is 0.583. The van der Waals surface area contributed by atoms with Crippen molar-refractivity contribution in [1.82, 2.24) is 25.2 Å². The number of hydrogen-bond acceptors (Lipinski definition) is 5. The van der Waals surface area contributed by atoms with E-state index in [4.69, 9.17) is 0 Å². The minimum atomic E-state index is 0.405. The summed E-state index contributed by atoms with van der Waals surface area (Å²) in [5.41, 5.74) is 1.72. The molecule has 1 atom stereocenters. The lowest BCUT2D eigenvalue weighted by atomic mass is 10.2. The van der Waals surface area contributed by atoms with Crippen LogP contribution in [-0.4, -0.2) is 25.9 Å². The predicted molar refractivity (Wildman–Crippen MR) is 66.9 cm³/mol. The van der Waals surface area contributed by atoms with Crippen LogP contribution in [0.25, 0.3) is 0 Å². The zero-order chi connectivity index (χ0) is 13.0. The first kappa shape index (κ1) is 12.8. The molecular weight excluding hydrogens is 230 g/mol. The Morgan fingerprint density at radius 1 is 1.39 bits per heavy atom. The van der Waals surface area contributed by atoms with E-state index in [0.29, 0.717) is 12.6 Å². The summed E-state index contributed by atoms with van der Waals surface area (Å²) in [6, 6.07) is 0.405. The van der Waals surface area contributed by atoms with Gasteiger partial charge in [0.1, 0.15) is 17.2 Å². The fourth-order valence-electron chi connectivity index (χ4n) is 1.76. The second-order valence-corrected chi connectivity index (χ2v) is 4.53. The first-order valence-electron chi connectivity index (χ1n) is 6.16. The van der Waals surface area contributed by atoms with Crippen LogP contribution in [0.4, 0.5) is 0 Å². The predicted octanol–water partition coefficient (Wildman–Crippen LogP) is 1.45. The minimum absolute atomic E-state index is 0.405. The van der Waals surface area contributed by atoms with Crippen molar-refractivity contribution in [3.05, 3.63) is 29.6 Å². The maximum atomic E-state index is 4.66. The molecule has 98 valence electrons. The Morgan fingerprint density at radius 3 is 2.83 bits per heavy atom. The highest BCUT2D eigenvalue weighted by Gasteiger charge is 2.07. The lowest BCUT2D eigenvalue weighted by Crippen LogP contribution is -2.27. The van der Waals surface area contributed by atoms with Crippen molar-refractivity contribution >= 4 is 0 Å². The topological polar surface area (TPSA) is 68.8 Å². The van der Waals surface area contributed by atoms with Crippen molar-refractivity contribution in [2.45, 2.75) is 46.3 Å². The molecule has 0 aliphatic heterocycles. The molecule has 0 saturated heterocycles. The van der Waals surface area contributed by atoms with E-state index in [0.717, 1.165) is 30.2 Å². The molecule has 0 radical (unpaired) electrons. The van der Waals surface area contributed by atoms with Gasteiger partial charge < -0.3 is 9.88 Å². The highest BCUT2D eigenvalue weighted by Crippen LogP contribution is 2.03. The molecule has 0 saturated carbocycles. The molecule has 0 aliphatic carbocycles. The smallest absolute Gasteiger partial charge is 0.121 e. The first-order chi connectivity index (χ1) is 8.66. The number of hydrogen-bond donors (Lipinski definition) is 1. The molecule has 2 aromatic rings. The first-order valence-corrected chi connectivity index (χ1v) is 6.16. The largest absolute Gasteiger partial charge is 0.335 e. The molecule has 2 aromatic heterocycles. The quantitative estimate of drug-likeness (QED) is 0.839. The van der Waals surface area contributed by atoms with Gasteiger partial charge >= 0.3 is 0 Å². The Kier molecular flexibility index (Phi) is 4.09. The van der Waals surface area contributed by atoms with E-state index >= 15 is 0 Å². The molecule has 2 rings (SSSR count). The van der Waals surface area contributed by atoms with E-state index in [9.17, 15) is 0 Å². The average Bonchev–Trinajstić information content (AvgIpc) is 2.93. The molecule has 0 aromatic carbocycles. The third-order valence-corrected chi connectivity index (χ3v) is 3.09. The van der Waals surface area contributed by atoms with E-state index in [1.807, 2.05) is 26.2 Å². The molecule has 0 amide bonds. The summed E-state index contributed by atoms with van der Waals surface area (Å²) >= 11 is 0. The van der Waals surface area contributed by atoms with Crippen molar-refractivity contribution in [2.24, 2.45) is 0 Å². The molecule has 0 fully saturated rings. The van der Waals surface area contributed by atoms with Gasteiger partial charge in [0, 0.05) is 31.5 Å². The number of nitrogens with zero attached hydrogens (tertiary/aromatic N) is 4. The van der Waals surface area contributed by atoms with Crippen LogP contribution in [0, 0.1) is 13.8 Å². The average molecular weight is 249 g/mol. The second-order valence-electron chi connectivity index (χ2n) is 4.53. The number of aromatic nitrogens is 4. The lowest BCUT2D eigenvalue weighted by Gasteiger charge is -2.13. The zero-order valence-corrected chi connectivity index (χ0v) is 11.1. The molecule has 2 heterocycles. The van der Waals surface area contributed by atoms with Gasteiger partial charge in [-0.15, -0.1) is 0 Å². The normalized spacial score (nSPS) is 12.8. The van der Waals surface area contributed by atoms with Crippen LogP contribution in [0.2, 0.25) is 0 Å². The summed E-state index contributed by atoms with van der Waals surface area (Å²) < 4.78 is 6.81. The number of rotatable bonds is 6. The number of aryl methyl sites for hydroxylation is 3. The lowest BCUT2D eigenvalue weighted by molar-refractivity contribution is 0.299. The van der Waals surface area contributed by atoms with Gasteiger partial charge in [0.05, 0.1) is 0 Å². The van der Waals surface area contributed by atoms with E-state index in [1.165, 1.54) is 0 Å². The molecule has 0 bridgehead atoms. The van der Waals surface area contributed by atoms with Crippen LogP contribution < -0.4 is 5.32 Å². The van der Waals surface area contributed by atoms with Crippen molar-refractivity contribution in [3.63, 3.8) is 0 Å². The van der Waals surface area contributed by atoms with Gasteiger partial charge in [-0.05, 0) is 27.2 Å². The molecular formula is C12H19N5O. The summed E-state index contributed by atoms with van der Waals surface area (Å²) in [4.78, 5) is 4.20. The Labute approximate surface area is 106 Å². The Hall–Kier alpha value is -1.69. The summed E-state index contributed by atoms with van der Waals surface area (Å²) in [5.74, 6) is 1.05. The van der Waals surface area contributed by atoms with E-state index in [1.54, 1.807) is 0 Å². The summed E-state index contributed by atoms with van der Waals surface area (Å²) in [6.45, 7) is 7.74. The number of imidazole rings is 1. The van der Waals surface area contributed by atoms with Gasteiger partial charge in [0.25, 0.3) is 0 Å². The third-order valence-electron chi connectivity index (χ3n) is 3.09.